The normalized spacial score (nSPS) is 18.1. The van der Waals surface area contributed by atoms with Crippen LogP contribution < -0.4 is 37.6 Å². The Morgan fingerprint density at radius 3 is 2.36 bits per heavy atom. The lowest BCUT2D eigenvalue weighted by atomic mass is 10.0. The zero-order chi connectivity index (χ0) is 39.5. The molecule has 1 unspecified atom stereocenters. The van der Waals surface area contributed by atoms with Crippen LogP contribution in [0.4, 0.5) is 0 Å². The number of para-hydroxylation sites is 1. The zero-order valence-corrected chi connectivity index (χ0v) is 30.8. The minimum absolute atomic E-state index is 0.00337. The number of likely N-dealkylation sites (N-methyl/N-ethyl adjacent to an activating group) is 1. The standard InChI is InChI=1S/C38H50N10O7/c1-2-41-36(54)31-10-6-18-48(31)37(55)30(20-23-21-43-26-8-4-3-7-25(23)26)47-33(51)27(9-5-17-42-38(39)40)45-35(53)29(19-22-11-13-24(49)14-12-22)46-34(52)28-15-16-32(50)44-28/h3-4,7-8,11-14,21,27-31,43,49H,2,5-6,9-10,15-20H2,1H3,(H,41,54)(H,44,50)(H,45,53)(H,46,52)(H,47,51)(H4,39,40,42)/t27-,28?,29-,30-,31-/m0/s1. The summed E-state index contributed by atoms with van der Waals surface area (Å²) in [5.41, 5.74) is 7.68. The molecule has 1 aromatic heterocycles. The highest BCUT2D eigenvalue weighted by Crippen LogP contribution is 2.23. The average Bonchev–Trinajstić information content (AvgIpc) is 3.93. The minimum atomic E-state index is -1.21. The lowest BCUT2D eigenvalue weighted by molar-refractivity contribution is -0.141. The van der Waals surface area contributed by atoms with Gasteiger partial charge in [0.25, 0.3) is 0 Å². The maximum atomic E-state index is 14.3. The number of aromatic nitrogens is 1. The van der Waals surface area contributed by atoms with Crippen molar-refractivity contribution in [3.05, 3.63) is 65.9 Å². The number of H-pyrrole nitrogens is 1. The van der Waals surface area contributed by atoms with Crippen LogP contribution in [0.1, 0.15) is 56.6 Å². The van der Waals surface area contributed by atoms with Gasteiger partial charge >= 0.3 is 0 Å². The van der Waals surface area contributed by atoms with E-state index in [9.17, 15) is 33.9 Å². The van der Waals surface area contributed by atoms with Gasteiger partial charge in [-0.25, -0.2) is 0 Å². The predicted octanol–water partition coefficient (Wildman–Crippen LogP) is -0.218. The molecule has 3 aromatic rings. The van der Waals surface area contributed by atoms with Crippen molar-refractivity contribution in [2.45, 2.75) is 88.5 Å². The van der Waals surface area contributed by atoms with Crippen molar-refractivity contribution in [3.63, 3.8) is 0 Å². The third-order valence-corrected chi connectivity index (χ3v) is 9.84. The van der Waals surface area contributed by atoms with E-state index < -0.39 is 53.8 Å². The molecule has 17 nitrogen and oxygen atoms in total. The summed E-state index contributed by atoms with van der Waals surface area (Å²) in [5, 5.41) is 34.6. The Morgan fingerprint density at radius 2 is 1.65 bits per heavy atom. The van der Waals surface area contributed by atoms with Crippen LogP contribution in [0.25, 0.3) is 10.9 Å². The number of hydrogen-bond acceptors (Lipinski definition) is 8. The molecule has 5 rings (SSSR count). The molecular formula is C38H50N10O7. The van der Waals surface area contributed by atoms with E-state index in [1.54, 1.807) is 25.3 Å². The Balaban J connectivity index is 1.41. The molecule has 0 spiro atoms. The highest BCUT2D eigenvalue weighted by Gasteiger charge is 2.39. The first-order chi connectivity index (χ1) is 26.4. The molecule has 0 aliphatic carbocycles. The topological polar surface area (TPSA) is 264 Å². The third kappa shape index (κ3) is 10.7. The Kier molecular flexibility index (Phi) is 13.7. The van der Waals surface area contributed by atoms with E-state index in [1.807, 2.05) is 24.3 Å². The number of guanidine groups is 1. The number of nitrogens with two attached hydrogens (primary N) is 1. The number of phenolic OH excluding ortho intramolecular Hbond substituents is 1. The lowest BCUT2D eigenvalue weighted by Crippen LogP contribution is -2.59. The van der Waals surface area contributed by atoms with Gasteiger partial charge in [-0.2, -0.15) is 0 Å². The van der Waals surface area contributed by atoms with Gasteiger partial charge in [-0.15, -0.1) is 0 Å². The maximum absolute atomic E-state index is 14.3. The van der Waals surface area contributed by atoms with E-state index in [2.05, 4.69) is 36.9 Å². The summed E-state index contributed by atoms with van der Waals surface area (Å²) in [7, 11) is 0. The van der Waals surface area contributed by atoms with Crippen LogP contribution >= 0.6 is 0 Å². The largest absolute Gasteiger partial charge is 0.508 e. The summed E-state index contributed by atoms with van der Waals surface area (Å²) in [6.45, 7) is 2.74. The molecule has 294 valence electrons. The second-order valence-corrected chi connectivity index (χ2v) is 13.8. The van der Waals surface area contributed by atoms with Crippen LogP contribution in [0.2, 0.25) is 0 Å². The number of aromatic amines is 1. The summed E-state index contributed by atoms with van der Waals surface area (Å²) < 4.78 is 0. The van der Waals surface area contributed by atoms with Crippen LogP contribution in [0.5, 0.6) is 5.75 Å². The van der Waals surface area contributed by atoms with Crippen molar-refractivity contribution in [1.82, 2.24) is 41.8 Å². The molecule has 17 heteroatoms. The van der Waals surface area contributed by atoms with Crippen LogP contribution in [0, 0.1) is 5.41 Å². The molecule has 2 fully saturated rings. The molecular weight excluding hydrogens is 708 g/mol. The summed E-state index contributed by atoms with van der Waals surface area (Å²) in [5.74, 6) is -3.16. The lowest BCUT2D eigenvalue weighted by Gasteiger charge is -2.30. The number of aromatic hydroxyl groups is 1. The first-order valence-electron chi connectivity index (χ1n) is 18.6. The van der Waals surface area contributed by atoms with Gasteiger partial charge in [0.1, 0.15) is 36.0 Å². The molecule has 0 radical (unpaired) electrons. The molecule has 2 aliphatic heterocycles. The number of benzene rings is 2. The molecule has 2 aromatic carbocycles. The van der Waals surface area contributed by atoms with Crippen molar-refractivity contribution >= 4 is 52.3 Å². The van der Waals surface area contributed by atoms with E-state index in [0.29, 0.717) is 31.5 Å². The number of likely N-dealkylation sites (tertiary alicyclic amines) is 1. The van der Waals surface area contributed by atoms with Crippen molar-refractivity contribution in [2.75, 3.05) is 19.6 Å². The van der Waals surface area contributed by atoms with Gasteiger partial charge in [0.05, 0.1) is 0 Å². The predicted molar refractivity (Wildman–Crippen MR) is 203 cm³/mol. The molecule has 5 atom stereocenters. The third-order valence-electron chi connectivity index (χ3n) is 9.84. The SMILES string of the molecule is CCNC(=O)[C@@H]1CCCN1C(=O)[C@H](Cc1c[nH]c2ccccc12)NC(=O)[C@H](CCCNC(=N)N)NC(=O)[C@H](Cc1ccc(O)cc1)NC(=O)C1CCC(=O)N1. The molecule has 0 bridgehead atoms. The first-order valence-corrected chi connectivity index (χ1v) is 18.6. The molecule has 55 heavy (non-hydrogen) atoms. The number of rotatable bonds is 17. The summed E-state index contributed by atoms with van der Waals surface area (Å²) in [4.78, 5) is 85.4. The molecule has 6 amide bonds. The van der Waals surface area contributed by atoms with E-state index >= 15 is 0 Å². The molecule has 2 saturated heterocycles. The quantitative estimate of drug-likeness (QED) is 0.0495. The zero-order valence-electron chi connectivity index (χ0n) is 30.8. The fourth-order valence-electron chi connectivity index (χ4n) is 7.02. The van der Waals surface area contributed by atoms with Crippen molar-refractivity contribution in [1.29, 1.82) is 5.41 Å². The second kappa shape index (κ2) is 18.8. The van der Waals surface area contributed by atoms with E-state index in [0.717, 1.165) is 16.5 Å². The van der Waals surface area contributed by atoms with E-state index in [-0.39, 0.29) is 68.6 Å². The van der Waals surface area contributed by atoms with Crippen molar-refractivity contribution in [3.8, 4) is 5.75 Å². The molecule has 2 aliphatic rings. The van der Waals surface area contributed by atoms with Crippen LogP contribution in [-0.2, 0) is 41.6 Å². The number of carbonyl (C=O) groups excluding carboxylic acids is 6. The fraction of sp³-hybridized carbons (Fsp3) is 0.447. The number of fused-ring (bicyclic) bond motifs is 1. The van der Waals surface area contributed by atoms with Gasteiger partial charge in [-0.3, -0.25) is 34.2 Å². The van der Waals surface area contributed by atoms with Gasteiger partial charge < -0.3 is 52.6 Å². The molecule has 3 heterocycles. The number of nitrogens with one attached hydrogen (secondary N) is 8. The van der Waals surface area contributed by atoms with Gasteiger partial charge in [-0.05, 0) is 68.4 Å². The number of hydrogen-bond donors (Lipinski definition) is 10. The van der Waals surface area contributed by atoms with Crippen LogP contribution in [-0.4, -0.2) is 106 Å². The van der Waals surface area contributed by atoms with Crippen LogP contribution in [0.3, 0.4) is 0 Å². The van der Waals surface area contributed by atoms with Crippen molar-refractivity contribution in [2.24, 2.45) is 5.73 Å². The Morgan fingerprint density at radius 1 is 0.927 bits per heavy atom. The number of phenols is 1. The fourth-order valence-corrected chi connectivity index (χ4v) is 7.02. The number of carbonyl (C=O) groups is 6. The van der Waals surface area contributed by atoms with Gasteiger partial charge in [-0.1, -0.05) is 30.3 Å². The number of amides is 6. The monoisotopic (exact) mass is 758 g/mol. The van der Waals surface area contributed by atoms with Crippen molar-refractivity contribution < 1.29 is 33.9 Å². The minimum Gasteiger partial charge on any atom is -0.508 e. The first kappa shape index (κ1) is 40.1. The summed E-state index contributed by atoms with van der Waals surface area (Å²) in [6, 6.07) is 8.61. The highest BCUT2D eigenvalue weighted by molar-refractivity contribution is 5.97. The van der Waals surface area contributed by atoms with Gasteiger partial charge in [0, 0.05) is 56.0 Å². The summed E-state index contributed by atoms with van der Waals surface area (Å²) >= 11 is 0. The Labute approximate surface area is 318 Å². The highest BCUT2D eigenvalue weighted by atomic mass is 16.3. The molecule has 11 N–H and O–H groups in total. The number of nitrogens with zero attached hydrogens (tertiary/aromatic N) is 1. The van der Waals surface area contributed by atoms with E-state index in [4.69, 9.17) is 11.1 Å². The maximum Gasteiger partial charge on any atom is 0.246 e. The average molecular weight is 759 g/mol. The summed E-state index contributed by atoms with van der Waals surface area (Å²) in [6.07, 6.45) is 3.73. The van der Waals surface area contributed by atoms with Gasteiger partial charge in [0.2, 0.25) is 35.4 Å². The Hall–Kier alpha value is -6.13. The second-order valence-electron chi connectivity index (χ2n) is 13.8. The Bertz CT molecular complexity index is 1880. The van der Waals surface area contributed by atoms with Gasteiger partial charge in [0.15, 0.2) is 5.96 Å². The van der Waals surface area contributed by atoms with Crippen LogP contribution in [0.15, 0.2) is 54.7 Å². The van der Waals surface area contributed by atoms with E-state index in [1.165, 1.54) is 17.0 Å². The smallest absolute Gasteiger partial charge is 0.246 e. The molecule has 0 saturated carbocycles.